The molecule has 2 aliphatic heterocycles. The van der Waals surface area contributed by atoms with Crippen LogP contribution in [0.5, 0.6) is 0 Å². The van der Waals surface area contributed by atoms with E-state index in [0.717, 1.165) is 46.0 Å². The molecule has 0 saturated heterocycles. The molecule has 1 aromatic heterocycles. The number of benzene rings is 2. The van der Waals surface area contributed by atoms with Crippen LogP contribution in [-0.2, 0) is 0 Å². The minimum Gasteiger partial charge on any atom is -0.316 e. The number of para-hydroxylation sites is 2. The van der Waals surface area contributed by atoms with Crippen molar-refractivity contribution >= 4 is 22.5 Å². The summed E-state index contributed by atoms with van der Waals surface area (Å²) in [6.07, 6.45) is 16.2. The van der Waals surface area contributed by atoms with E-state index in [4.69, 9.17) is 15.0 Å². The van der Waals surface area contributed by atoms with Crippen molar-refractivity contribution < 1.29 is 0 Å². The fourth-order valence-corrected chi connectivity index (χ4v) is 6.20. The molecule has 0 N–H and O–H groups in total. The molecule has 0 spiro atoms. The Kier molecular flexibility index (Phi) is 4.97. The largest absolute Gasteiger partial charge is 0.316 e. The molecule has 3 aromatic rings. The summed E-state index contributed by atoms with van der Waals surface area (Å²) >= 11 is 0. The Bertz CT molecular complexity index is 1700. The van der Waals surface area contributed by atoms with Gasteiger partial charge in [-0.1, -0.05) is 85.0 Å². The SMILES string of the molecule is C=C1C=C(C)[C@@H]2CC=CN=C2C1=N/C(=C\C)C1=CC2c3ccccc3-c3nc4ccccc4n3C2C=C1. The average Bonchev–Trinajstić information content (AvgIpc) is 3.33. The van der Waals surface area contributed by atoms with Gasteiger partial charge < -0.3 is 4.57 Å². The molecule has 2 unspecified atom stereocenters. The first kappa shape index (κ1) is 21.9. The number of imidazole rings is 1. The van der Waals surface area contributed by atoms with E-state index in [2.05, 4.69) is 110 Å². The van der Waals surface area contributed by atoms with Gasteiger partial charge in [0.1, 0.15) is 5.82 Å². The Morgan fingerprint density at radius 1 is 1.14 bits per heavy atom. The third-order valence-corrected chi connectivity index (χ3v) is 7.98. The average molecular weight is 481 g/mol. The molecule has 3 heterocycles. The van der Waals surface area contributed by atoms with E-state index in [0.29, 0.717) is 0 Å². The molecule has 0 fully saturated rings. The van der Waals surface area contributed by atoms with Gasteiger partial charge in [0.2, 0.25) is 0 Å². The highest BCUT2D eigenvalue weighted by atomic mass is 15.1. The second kappa shape index (κ2) is 8.38. The van der Waals surface area contributed by atoms with E-state index in [1.807, 2.05) is 6.20 Å². The summed E-state index contributed by atoms with van der Waals surface area (Å²) in [5.74, 6) is 1.52. The van der Waals surface area contributed by atoms with Gasteiger partial charge >= 0.3 is 0 Å². The van der Waals surface area contributed by atoms with Crippen LogP contribution in [0.25, 0.3) is 22.4 Å². The zero-order valence-electron chi connectivity index (χ0n) is 21.1. The second-order valence-corrected chi connectivity index (χ2v) is 10.1. The first-order valence-electron chi connectivity index (χ1n) is 13.0. The van der Waals surface area contributed by atoms with Crippen LogP contribution in [0.4, 0.5) is 0 Å². The zero-order chi connectivity index (χ0) is 25.1. The minimum absolute atomic E-state index is 0.166. The summed E-state index contributed by atoms with van der Waals surface area (Å²) in [6.45, 7) is 8.55. The van der Waals surface area contributed by atoms with E-state index in [1.54, 1.807) is 0 Å². The highest BCUT2D eigenvalue weighted by Crippen LogP contribution is 2.48. The van der Waals surface area contributed by atoms with E-state index < -0.39 is 0 Å². The van der Waals surface area contributed by atoms with Gasteiger partial charge in [0, 0.05) is 23.6 Å². The summed E-state index contributed by atoms with van der Waals surface area (Å²) in [7, 11) is 0. The van der Waals surface area contributed by atoms with Crippen LogP contribution in [0, 0.1) is 5.92 Å². The van der Waals surface area contributed by atoms with Gasteiger partial charge in [-0.2, -0.15) is 0 Å². The van der Waals surface area contributed by atoms with Gasteiger partial charge in [-0.15, -0.1) is 0 Å². The molecule has 0 radical (unpaired) electrons. The Hall–Kier alpha value is -4.31. The van der Waals surface area contributed by atoms with E-state index in [-0.39, 0.29) is 17.9 Å². The molecule has 4 nitrogen and oxygen atoms in total. The number of rotatable bonds is 2. The number of fused-ring (bicyclic) bond motifs is 9. The standard InChI is InChI=1S/C33H28N4/c1-4-27(35-31-21(3)18-20(2)23-12-9-17-34-32(23)31)22-15-16-29-26(19-22)24-10-5-6-11-25(24)33-36-28-13-7-8-14-30(28)37(29)33/h4-11,13-19,23,26,29H,3,12H2,1-2H3/b27-4-,35-31?/t23-,26?,29?/m0/s1. The summed E-state index contributed by atoms with van der Waals surface area (Å²) in [6, 6.07) is 17.3. The van der Waals surface area contributed by atoms with Crippen LogP contribution in [0.15, 0.2) is 130 Å². The Morgan fingerprint density at radius 3 is 2.86 bits per heavy atom. The highest BCUT2D eigenvalue weighted by molar-refractivity contribution is 6.51. The Labute approximate surface area is 217 Å². The van der Waals surface area contributed by atoms with Crippen LogP contribution < -0.4 is 0 Å². The number of aromatic nitrogens is 2. The lowest BCUT2D eigenvalue weighted by Gasteiger charge is -2.35. The van der Waals surface area contributed by atoms with Crippen molar-refractivity contribution in [2.75, 3.05) is 0 Å². The number of nitrogens with zero attached hydrogens (tertiary/aromatic N) is 4. The van der Waals surface area contributed by atoms with Crippen molar-refractivity contribution in [2.45, 2.75) is 32.2 Å². The number of aliphatic imine (C=N–C) groups is 2. The first-order valence-corrected chi connectivity index (χ1v) is 13.0. The lowest BCUT2D eigenvalue weighted by atomic mass is 9.79. The molecule has 0 bridgehead atoms. The maximum atomic E-state index is 5.19. The number of hydrogen-bond donors (Lipinski definition) is 0. The lowest BCUT2D eigenvalue weighted by Crippen LogP contribution is -2.31. The van der Waals surface area contributed by atoms with Crippen LogP contribution in [-0.4, -0.2) is 21.0 Å². The molecule has 2 aliphatic carbocycles. The van der Waals surface area contributed by atoms with E-state index in [9.17, 15) is 0 Å². The molecular formula is C33H28N4. The topological polar surface area (TPSA) is 42.5 Å². The molecular weight excluding hydrogens is 452 g/mol. The van der Waals surface area contributed by atoms with Crippen LogP contribution in [0.3, 0.4) is 0 Å². The maximum absolute atomic E-state index is 5.19. The molecule has 180 valence electrons. The van der Waals surface area contributed by atoms with Crippen molar-refractivity contribution in [2.24, 2.45) is 15.9 Å². The molecule has 3 atom stereocenters. The Balaban J connectivity index is 1.34. The minimum atomic E-state index is 0.166. The Morgan fingerprint density at radius 2 is 1.97 bits per heavy atom. The van der Waals surface area contributed by atoms with Crippen molar-refractivity contribution in [1.82, 2.24) is 9.55 Å². The van der Waals surface area contributed by atoms with Crippen molar-refractivity contribution in [3.05, 3.63) is 126 Å². The van der Waals surface area contributed by atoms with E-state index in [1.165, 1.54) is 22.2 Å². The fraction of sp³-hybridized carbons (Fsp3) is 0.182. The second-order valence-electron chi connectivity index (χ2n) is 10.1. The van der Waals surface area contributed by atoms with Gasteiger partial charge in [0.25, 0.3) is 0 Å². The molecule has 0 amide bonds. The molecule has 2 aromatic carbocycles. The summed E-state index contributed by atoms with van der Waals surface area (Å²) in [4.78, 5) is 15.0. The van der Waals surface area contributed by atoms with Gasteiger partial charge in [0.05, 0.1) is 34.2 Å². The molecule has 7 rings (SSSR count). The molecule has 4 heteroatoms. The van der Waals surface area contributed by atoms with Crippen LogP contribution in [0.1, 0.15) is 37.8 Å². The maximum Gasteiger partial charge on any atom is 0.142 e. The van der Waals surface area contributed by atoms with Gasteiger partial charge in [-0.25, -0.2) is 9.98 Å². The lowest BCUT2D eigenvalue weighted by molar-refractivity contribution is 0.546. The molecule has 0 saturated carbocycles. The van der Waals surface area contributed by atoms with E-state index >= 15 is 0 Å². The zero-order valence-corrected chi connectivity index (χ0v) is 21.1. The third kappa shape index (κ3) is 3.32. The summed E-state index contributed by atoms with van der Waals surface area (Å²) in [5, 5.41) is 0. The van der Waals surface area contributed by atoms with Crippen molar-refractivity contribution in [3.8, 4) is 11.4 Å². The first-order chi connectivity index (χ1) is 18.1. The van der Waals surface area contributed by atoms with Crippen LogP contribution in [0.2, 0.25) is 0 Å². The van der Waals surface area contributed by atoms with Crippen LogP contribution >= 0.6 is 0 Å². The van der Waals surface area contributed by atoms with Crippen molar-refractivity contribution in [1.29, 1.82) is 0 Å². The van der Waals surface area contributed by atoms with Crippen molar-refractivity contribution in [3.63, 3.8) is 0 Å². The monoisotopic (exact) mass is 480 g/mol. The predicted octanol–water partition coefficient (Wildman–Crippen LogP) is 7.67. The summed E-state index contributed by atoms with van der Waals surface area (Å²) < 4.78 is 2.40. The normalized spacial score (nSPS) is 25.2. The van der Waals surface area contributed by atoms with Gasteiger partial charge in [0.15, 0.2) is 0 Å². The van der Waals surface area contributed by atoms with Gasteiger partial charge in [-0.3, -0.25) is 4.99 Å². The molecule has 37 heavy (non-hydrogen) atoms. The third-order valence-electron chi connectivity index (χ3n) is 7.98. The quantitative estimate of drug-likeness (QED) is 0.371. The smallest absolute Gasteiger partial charge is 0.142 e. The molecule has 4 aliphatic rings. The highest BCUT2D eigenvalue weighted by Gasteiger charge is 2.35. The van der Waals surface area contributed by atoms with Gasteiger partial charge in [-0.05, 0) is 49.1 Å². The predicted molar refractivity (Wildman–Crippen MR) is 153 cm³/mol. The number of hydrogen-bond acceptors (Lipinski definition) is 3. The fourth-order valence-electron chi connectivity index (χ4n) is 6.20. The summed E-state index contributed by atoms with van der Waals surface area (Å²) in [5.41, 5.74) is 11.0. The number of allylic oxidation sites excluding steroid dienone is 8.